The first kappa shape index (κ1) is 31.9. The van der Waals surface area contributed by atoms with Gasteiger partial charge in [-0.2, -0.15) is 0 Å². The van der Waals surface area contributed by atoms with Crippen LogP contribution >= 0.6 is 23.2 Å². The van der Waals surface area contributed by atoms with Crippen molar-refractivity contribution in [2.24, 2.45) is 0 Å². The third-order valence-corrected chi connectivity index (χ3v) is 8.06. The molecule has 2 aliphatic heterocycles. The summed E-state index contributed by atoms with van der Waals surface area (Å²) >= 11 is 12.6. The summed E-state index contributed by atoms with van der Waals surface area (Å²) in [6, 6.07) is 8.54. The SMILES string of the molecule is CC(=O)C(O)NC(=O)NC1CCN(Cc2cc(Oc3cnc(N4CCN(C)CC4)nc3)nc(-c3cc(Cl)cc(Cl)c3)c2)CC1. The smallest absolute Gasteiger partial charge is 0.317 e. The highest BCUT2D eigenvalue weighted by Gasteiger charge is 2.23. The summed E-state index contributed by atoms with van der Waals surface area (Å²) in [5.41, 5.74) is 2.40. The number of carbonyl (C=O) groups is 2. The molecule has 0 saturated carbocycles. The van der Waals surface area contributed by atoms with Gasteiger partial charge in [0.1, 0.15) is 0 Å². The Labute approximate surface area is 266 Å². The van der Waals surface area contributed by atoms with Gasteiger partial charge in [-0.3, -0.25) is 9.69 Å². The maximum atomic E-state index is 12.1. The van der Waals surface area contributed by atoms with Gasteiger partial charge in [0.25, 0.3) is 0 Å². The fourth-order valence-corrected chi connectivity index (χ4v) is 5.68. The summed E-state index contributed by atoms with van der Waals surface area (Å²) < 4.78 is 6.15. The van der Waals surface area contributed by atoms with Gasteiger partial charge in [-0.15, -0.1) is 0 Å². The number of pyridine rings is 1. The number of piperazine rings is 1. The molecule has 2 aromatic heterocycles. The number of amides is 2. The van der Waals surface area contributed by atoms with E-state index in [1.165, 1.54) is 6.92 Å². The van der Waals surface area contributed by atoms with E-state index in [0.717, 1.165) is 50.4 Å². The summed E-state index contributed by atoms with van der Waals surface area (Å²) in [4.78, 5) is 43.8. The highest BCUT2D eigenvalue weighted by atomic mass is 35.5. The van der Waals surface area contributed by atoms with E-state index < -0.39 is 18.0 Å². The second-order valence-electron chi connectivity index (χ2n) is 11.1. The number of carbonyl (C=O) groups excluding carboxylic acids is 2. The van der Waals surface area contributed by atoms with Crippen LogP contribution in [0.5, 0.6) is 11.6 Å². The molecule has 5 rings (SSSR count). The van der Waals surface area contributed by atoms with Crippen molar-refractivity contribution in [2.75, 3.05) is 51.2 Å². The highest BCUT2D eigenvalue weighted by molar-refractivity contribution is 6.35. The third kappa shape index (κ3) is 8.76. The van der Waals surface area contributed by atoms with Crippen molar-refractivity contribution in [3.8, 4) is 22.9 Å². The first-order valence-electron chi connectivity index (χ1n) is 14.5. The number of aromatic nitrogens is 3. The first-order chi connectivity index (χ1) is 21.1. The Bertz CT molecular complexity index is 1440. The fourth-order valence-electron chi connectivity index (χ4n) is 5.15. The van der Waals surface area contributed by atoms with Crippen molar-refractivity contribution in [1.29, 1.82) is 0 Å². The molecule has 1 unspecified atom stereocenters. The van der Waals surface area contributed by atoms with Crippen LogP contribution < -0.4 is 20.3 Å². The van der Waals surface area contributed by atoms with Crippen LogP contribution in [0.1, 0.15) is 25.3 Å². The lowest BCUT2D eigenvalue weighted by molar-refractivity contribution is -0.125. The van der Waals surface area contributed by atoms with E-state index >= 15 is 0 Å². The van der Waals surface area contributed by atoms with Gasteiger partial charge < -0.3 is 30.3 Å². The summed E-state index contributed by atoms with van der Waals surface area (Å²) in [6.45, 7) is 6.97. The van der Waals surface area contributed by atoms with Crippen molar-refractivity contribution < 1.29 is 19.4 Å². The number of rotatable bonds is 9. The number of nitrogens with one attached hydrogen (secondary N) is 2. The number of hydrogen-bond donors (Lipinski definition) is 3. The topological polar surface area (TPSA) is 136 Å². The number of piperidine rings is 1. The number of aliphatic hydroxyl groups is 1. The predicted molar refractivity (Wildman–Crippen MR) is 168 cm³/mol. The van der Waals surface area contributed by atoms with E-state index in [-0.39, 0.29) is 6.04 Å². The lowest BCUT2D eigenvalue weighted by atomic mass is 10.0. The minimum atomic E-state index is -1.51. The standard InChI is InChI=1S/C30H36Cl2N8O4/c1-19(41)28(42)37-30(43)35-24-3-5-39(6-4-24)18-20-11-26(21-13-22(31)15-23(32)14-21)36-27(12-20)44-25-16-33-29(34-17-25)40-9-7-38(2)8-10-40/h11-17,24,28,42H,3-10,18H2,1-2H3,(H2,35,37,43). The number of aliphatic hydroxyl groups excluding tert-OH is 1. The molecule has 0 bridgehead atoms. The second kappa shape index (κ2) is 14.5. The monoisotopic (exact) mass is 642 g/mol. The molecule has 4 heterocycles. The molecule has 44 heavy (non-hydrogen) atoms. The predicted octanol–water partition coefficient (Wildman–Crippen LogP) is 3.56. The van der Waals surface area contributed by atoms with Gasteiger partial charge in [0.15, 0.2) is 17.8 Å². The van der Waals surface area contributed by atoms with Crippen LogP contribution in [-0.4, -0.2) is 100 Å². The van der Waals surface area contributed by atoms with E-state index in [9.17, 15) is 14.7 Å². The number of ketones is 1. The number of anilines is 1. The zero-order valence-electron chi connectivity index (χ0n) is 24.7. The molecule has 12 nitrogen and oxygen atoms in total. The molecular weight excluding hydrogens is 607 g/mol. The number of urea groups is 1. The average molecular weight is 644 g/mol. The fraction of sp³-hybridized carbons (Fsp3) is 0.433. The molecule has 2 aliphatic rings. The van der Waals surface area contributed by atoms with E-state index in [1.807, 2.05) is 24.3 Å². The number of Topliss-reactive ketones (excluding diaryl/α,β-unsaturated/α-hetero) is 1. The molecule has 3 aromatic rings. The lowest BCUT2D eigenvalue weighted by Gasteiger charge is -2.32. The van der Waals surface area contributed by atoms with Crippen molar-refractivity contribution in [3.63, 3.8) is 0 Å². The molecule has 14 heteroatoms. The van der Waals surface area contributed by atoms with Crippen LogP contribution in [0.4, 0.5) is 10.7 Å². The number of likely N-dealkylation sites (tertiary alicyclic amines) is 1. The molecule has 2 saturated heterocycles. The highest BCUT2D eigenvalue weighted by Crippen LogP contribution is 2.30. The van der Waals surface area contributed by atoms with Crippen LogP contribution in [0, 0.1) is 0 Å². The Balaban J connectivity index is 1.28. The molecule has 0 radical (unpaired) electrons. The van der Waals surface area contributed by atoms with Crippen LogP contribution in [-0.2, 0) is 11.3 Å². The maximum absolute atomic E-state index is 12.1. The van der Waals surface area contributed by atoms with Crippen molar-refractivity contribution in [2.45, 2.75) is 38.6 Å². The number of nitrogens with zero attached hydrogens (tertiary/aromatic N) is 6. The summed E-state index contributed by atoms with van der Waals surface area (Å²) in [6.07, 6.45) is 3.24. The van der Waals surface area contributed by atoms with Gasteiger partial charge in [0.05, 0.1) is 18.1 Å². The molecule has 0 aliphatic carbocycles. The zero-order valence-corrected chi connectivity index (χ0v) is 26.2. The molecular formula is C30H36Cl2N8O4. The van der Waals surface area contributed by atoms with Crippen LogP contribution in [0.3, 0.4) is 0 Å². The molecule has 3 N–H and O–H groups in total. The van der Waals surface area contributed by atoms with Gasteiger partial charge in [-0.1, -0.05) is 23.2 Å². The maximum Gasteiger partial charge on any atom is 0.317 e. The van der Waals surface area contributed by atoms with Crippen molar-refractivity contribution >= 4 is 41.0 Å². The normalized spacial score (nSPS) is 17.2. The number of halogens is 2. The van der Waals surface area contributed by atoms with Crippen molar-refractivity contribution in [1.82, 2.24) is 35.4 Å². The second-order valence-corrected chi connectivity index (χ2v) is 12.0. The quantitative estimate of drug-likeness (QED) is 0.297. The number of ether oxygens (including phenoxy) is 1. The Morgan fingerprint density at radius 1 is 1.00 bits per heavy atom. The van der Waals surface area contributed by atoms with Gasteiger partial charge in [-0.05, 0) is 56.6 Å². The molecule has 234 valence electrons. The van der Waals surface area contributed by atoms with Gasteiger partial charge in [-0.25, -0.2) is 19.7 Å². The summed E-state index contributed by atoms with van der Waals surface area (Å²) in [7, 11) is 2.11. The minimum Gasteiger partial charge on any atom is -0.436 e. The molecule has 1 atom stereocenters. The van der Waals surface area contributed by atoms with Crippen molar-refractivity contribution in [3.05, 3.63) is 58.3 Å². The number of likely N-dealkylation sites (N-methyl/N-ethyl adjacent to an activating group) is 1. The number of benzene rings is 1. The Kier molecular flexibility index (Phi) is 10.5. The number of hydrogen-bond acceptors (Lipinski definition) is 10. The largest absolute Gasteiger partial charge is 0.436 e. The molecule has 2 amide bonds. The van der Waals surface area contributed by atoms with E-state index in [1.54, 1.807) is 18.5 Å². The Hall–Kier alpha value is -3.55. The van der Waals surface area contributed by atoms with Gasteiger partial charge in [0.2, 0.25) is 11.8 Å². The van der Waals surface area contributed by atoms with E-state index in [4.69, 9.17) is 32.9 Å². The average Bonchev–Trinajstić information content (AvgIpc) is 2.98. The first-order valence-corrected chi connectivity index (χ1v) is 15.3. The summed E-state index contributed by atoms with van der Waals surface area (Å²) in [5, 5.41) is 15.7. The van der Waals surface area contributed by atoms with Crippen LogP contribution in [0.2, 0.25) is 10.0 Å². The van der Waals surface area contributed by atoms with Crippen LogP contribution in [0.15, 0.2) is 42.7 Å². The Morgan fingerprint density at radius 2 is 1.66 bits per heavy atom. The van der Waals surface area contributed by atoms with Gasteiger partial charge >= 0.3 is 6.03 Å². The third-order valence-electron chi connectivity index (χ3n) is 7.62. The molecule has 2 fully saturated rings. The zero-order chi connectivity index (χ0) is 31.2. The van der Waals surface area contributed by atoms with E-state index in [0.29, 0.717) is 52.7 Å². The minimum absolute atomic E-state index is 0.0697. The van der Waals surface area contributed by atoms with E-state index in [2.05, 4.69) is 42.3 Å². The molecule has 1 aromatic carbocycles. The summed E-state index contributed by atoms with van der Waals surface area (Å²) in [5.74, 6) is 1.02. The lowest BCUT2D eigenvalue weighted by Crippen LogP contribution is -2.51. The van der Waals surface area contributed by atoms with Crippen LogP contribution in [0.25, 0.3) is 11.3 Å². The molecule has 0 spiro atoms. The van der Waals surface area contributed by atoms with Gasteiger partial charge in [0, 0.05) is 73.5 Å². The Morgan fingerprint density at radius 3 is 2.30 bits per heavy atom.